The molecule has 0 fully saturated rings. The molecule has 6 heteroatoms. The van der Waals surface area contributed by atoms with Crippen LogP contribution in [0.5, 0.6) is 5.75 Å². The molecule has 20 heavy (non-hydrogen) atoms. The minimum absolute atomic E-state index is 0.102. The highest BCUT2D eigenvalue weighted by Gasteiger charge is 2.10. The average molecular weight is 407 g/mol. The van der Waals surface area contributed by atoms with Crippen LogP contribution in [0.3, 0.4) is 0 Å². The van der Waals surface area contributed by atoms with Crippen molar-refractivity contribution < 1.29 is 13.5 Å². The van der Waals surface area contributed by atoms with Gasteiger partial charge in [0.1, 0.15) is 6.61 Å². The lowest BCUT2D eigenvalue weighted by atomic mass is 10.3. The molecule has 2 rings (SSSR count). The fraction of sp³-hybridized carbons (Fsp3) is 0.143. The summed E-state index contributed by atoms with van der Waals surface area (Å²) < 4.78 is 33.2. The summed E-state index contributed by atoms with van der Waals surface area (Å²) in [6.07, 6.45) is 0. The van der Waals surface area contributed by atoms with E-state index in [-0.39, 0.29) is 12.4 Å². The van der Waals surface area contributed by atoms with Gasteiger partial charge in [-0.3, -0.25) is 0 Å². The van der Waals surface area contributed by atoms with Gasteiger partial charge in [-0.1, -0.05) is 31.9 Å². The molecule has 0 unspecified atom stereocenters. The first-order chi connectivity index (χ1) is 9.56. The minimum Gasteiger partial charge on any atom is -0.489 e. The first kappa shape index (κ1) is 15.3. The standard InChI is InChI=1S/C14H11Br2F2NO/c15-9-1-3-11(4-2-9)19-5-6-20-13-8-10(16)7-12(17)14(13)18/h1-4,7-8,19H,5-6H2. The number of hydrogen-bond acceptors (Lipinski definition) is 2. The van der Waals surface area contributed by atoms with E-state index >= 15 is 0 Å². The van der Waals surface area contributed by atoms with Gasteiger partial charge in [0, 0.05) is 21.2 Å². The first-order valence-corrected chi connectivity index (χ1v) is 7.41. The van der Waals surface area contributed by atoms with Crippen molar-refractivity contribution >= 4 is 37.5 Å². The van der Waals surface area contributed by atoms with E-state index in [1.807, 2.05) is 24.3 Å². The zero-order chi connectivity index (χ0) is 14.5. The van der Waals surface area contributed by atoms with Gasteiger partial charge >= 0.3 is 0 Å². The van der Waals surface area contributed by atoms with Gasteiger partial charge in [0.2, 0.25) is 5.82 Å². The second-order valence-corrected chi connectivity index (χ2v) is 5.81. The fourth-order valence-corrected chi connectivity index (χ4v) is 2.23. The molecule has 106 valence electrons. The van der Waals surface area contributed by atoms with Crippen LogP contribution in [0.15, 0.2) is 45.3 Å². The number of halogens is 4. The Morgan fingerprint density at radius 1 is 1.00 bits per heavy atom. The van der Waals surface area contributed by atoms with Crippen LogP contribution in [0, 0.1) is 11.6 Å². The van der Waals surface area contributed by atoms with Crippen molar-refractivity contribution in [1.82, 2.24) is 0 Å². The van der Waals surface area contributed by atoms with Gasteiger partial charge in [-0.15, -0.1) is 0 Å². The van der Waals surface area contributed by atoms with Crippen LogP contribution in [0.1, 0.15) is 0 Å². The van der Waals surface area contributed by atoms with E-state index < -0.39 is 11.6 Å². The van der Waals surface area contributed by atoms with Crippen molar-refractivity contribution in [1.29, 1.82) is 0 Å². The molecule has 0 spiro atoms. The Balaban J connectivity index is 1.86. The second kappa shape index (κ2) is 7.04. The van der Waals surface area contributed by atoms with Crippen molar-refractivity contribution in [3.8, 4) is 5.75 Å². The van der Waals surface area contributed by atoms with Crippen LogP contribution < -0.4 is 10.1 Å². The van der Waals surface area contributed by atoms with Gasteiger partial charge in [-0.2, -0.15) is 4.39 Å². The summed E-state index contributed by atoms with van der Waals surface area (Å²) in [5.74, 6) is -2.01. The lowest BCUT2D eigenvalue weighted by molar-refractivity contribution is 0.308. The van der Waals surface area contributed by atoms with Gasteiger partial charge in [-0.05, 0) is 36.4 Å². The molecular weight excluding hydrogens is 396 g/mol. The monoisotopic (exact) mass is 405 g/mol. The lowest BCUT2D eigenvalue weighted by Crippen LogP contribution is -2.12. The van der Waals surface area contributed by atoms with Crippen molar-refractivity contribution in [2.45, 2.75) is 0 Å². The van der Waals surface area contributed by atoms with Gasteiger partial charge in [0.25, 0.3) is 0 Å². The highest BCUT2D eigenvalue weighted by atomic mass is 79.9. The zero-order valence-corrected chi connectivity index (χ0v) is 13.5. The highest BCUT2D eigenvalue weighted by Crippen LogP contribution is 2.25. The topological polar surface area (TPSA) is 21.3 Å². The SMILES string of the molecule is Fc1cc(Br)cc(OCCNc2ccc(Br)cc2)c1F. The van der Waals surface area contributed by atoms with Gasteiger partial charge < -0.3 is 10.1 Å². The molecule has 0 aliphatic carbocycles. The number of rotatable bonds is 5. The summed E-state index contributed by atoms with van der Waals surface area (Å²) in [4.78, 5) is 0. The van der Waals surface area contributed by atoms with Gasteiger partial charge in [-0.25, -0.2) is 4.39 Å². The van der Waals surface area contributed by atoms with E-state index in [0.717, 1.165) is 16.2 Å². The van der Waals surface area contributed by atoms with Gasteiger partial charge in [0.15, 0.2) is 11.6 Å². The lowest BCUT2D eigenvalue weighted by Gasteiger charge is -2.10. The van der Waals surface area contributed by atoms with Crippen LogP contribution >= 0.6 is 31.9 Å². The smallest absolute Gasteiger partial charge is 0.200 e. The molecule has 0 radical (unpaired) electrons. The molecule has 0 bridgehead atoms. The van der Waals surface area contributed by atoms with Crippen molar-refractivity contribution in [2.75, 3.05) is 18.5 Å². The Bertz CT molecular complexity index is 590. The number of nitrogens with one attached hydrogen (secondary N) is 1. The Kier molecular flexibility index (Phi) is 5.37. The molecule has 2 aromatic rings. The van der Waals surface area contributed by atoms with E-state index in [1.165, 1.54) is 6.07 Å². The second-order valence-electron chi connectivity index (χ2n) is 3.98. The molecule has 0 aliphatic heterocycles. The van der Waals surface area contributed by atoms with Crippen LogP contribution in [0.25, 0.3) is 0 Å². The van der Waals surface area contributed by atoms with E-state index in [4.69, 9.17) is 4.74 Å². The summed E-state index contributed by atoms with van der Waals surface area (Å²) in [5, 5.41) is 3.12. The highest BCUT2D eigenvalue weighted by molar-refractivity contribution is 9.10. The summed E-state index contributed by atoms with van der Waals surface area (Å²) in [5.41, 5.74) is 0.928. The molecular formula is C14H11Br2F2NO. The van der Waals surface area contributed by atoms with Crippen LogP contribution in [-0.4, -0.2) is 13.2 Å². The zero-order valence-electron chi connectivity index (χ0n) is 10.3. The van der Waals surface area contributed by atoms with E-state index in [9.17, 15) is 8.78 Å². The average Bonchev–Trinajstić information content (AvgIpc) is 2.42. The van der Waals surface area contributed by atoms with E-state index in [1.54, 1.807) is 0 Å². The Labute approximate surface area is 132 Å². The van der Waals surface area contributed by atoms with Gasteiger partial charge in [0.05, 0.1) is 0 Å². The third kappa shape index (κ3) is 4.18. The molecule has 2 nitrogen and oxygen atoms in total. The van der Waals surface area contributed by atoms with E-state index in [2.05, 4.69) is 37.2 Å². The molecule has 0 atom stereocenters. The minimum atomic E-state index is -0.975. The third-order valence-corrected chi connectivity index (χ3v) is 3.48. The van der Waals surface area contributed by atoms with E-state index in [0.29, 0.717) is 11.0 Å². The molecule has 2 aromatic carbocycles. The predicted octanol–water partition coefficient (Wildman–Crippen LogP) is 4.98. The number of anilines is 1. The first-order valence-electron chi connectivity index (χ1n) is 5.83. The van der Waals surface area contributed by atoms with Crippen LogP contribution in [-0.2, 0) is 0 Å². The number of hydrogen-bond donors (Lipinski definition) is 1. The number of ether oxygens (including phenoxy) is 1. The number of benzene rings is 2. The van der Waals surface area contributed by atoms with Crippen molar-refractivity contribution in [3.63, 3.8) is 0 Å². The van der Waals surface area contributed by atoms with Crippen molar-refractivity contribution in [3.05, 3.63) is 57.0 Å². The molecule has 0 saturated carbocycles. The summed E-state index contributed by atoms with van der Waals surface area (Å²) in [6, 6.07) is 10.1. The Hall–Kier alpha value is -1.14. The molecule has 0 aliphatic rings. The Morgan fingerprint density at radius 3 is 2.40 bits per heavy atom. The maximum Gasteiger partial charge on any atom is 0.200 e. The predicted molar refractivity (Wildman–Crippen MR) is 82.2 cm³/mol. The quantitative estimate of drug-likeness (QED) is 0.558. The normalized spacial score (nSPS) is 10.4. The summed E-state index contributed by atoms with van der Waals surface area (Å²) >= 11 is 6.44. The maximum atomic E-state index is 13.4. The molecule has 1 N–H and O–H groups in total. The maximum absolute atomic E-state index is 13.4. The fourth-order valence-electron chi connectivity index (χ4n) is 1.56. The van der Waals surface area contributed by atoms with Crippen LogP contribution in [0.2, 0.25) is 0 Å². The largest absolute Gasteiger partial charge is 0.489 e. The summed E-state index contributed by atoms with van der Waals surface area (Å²) in [6.45, 7) is 0.706. The molecule has 0 amide bonds. The van der Waals surface area contributed by atoms with Crippen molar-refractivity contribution in [2.24, 2.45) is 0 Å². The molecule has 0 saturated heterocycles. The van der Waals surface area contributed by atoms with Crippen LogP contribution in [0.4, 0.5) is 14.5 Å². The molecule has 0 aromatic heterocycles. The Morgan fingerprint density at radius 2 is 1.70 bits per heavy atom. The molecule has 0 heterocycles. The third-order valence-electron chi connectivity index (χ3n) is 2.49. The summed E-state index contributed by atoms with van der Waals surface area (Å²) in [7, 11) is 0.